The Morgan fingerprint density at radius 3 is 2.88 bits per heavy atom. The third-order valence-electron chi connectivity index (χ3n) is 3.55. The maximum Gasteiger partial charge on any atom is 0.234 e. The zero-order valence-corrected chi connectivity index (χ0v) is 11.5. The first-order valence-electron chi connectivity index (χ1n) is 6.77. The van der Waals surface area contributed by atoms with Crippen LogP contribution in [0, 0.1) is 5.92 Å². The standard InChI is InChI=1S/C13H27N3O/c1-11(2)16(3)10-13(17)15-8-6-12-5-4-7-14-9-12/h11-12,14H,4-10H2,1-3H3,(H,15,17). The molecule has 0 bridgehead atoms. The molecule has 0 spiro atoms. The molecule has 1 atom stereocenters. The first-order chi connectivity index (χ1) is 8.09. The molecule has 100 valence electrons. The van der Waals surface area contributed by atoms with Gasteiger partial charge in [-0.1, -0.05) is 0 Å². The molecule has 0 saturated carbocycles. The van der Waals surface area contributed by atoms with E-state index in [4.69, 9.17) is 0 Å². The molecule has 1 fully saturated rings. The second-order valence-electron chi connectivity index (χ2n) is 5.36. The maximum atomic E-state index is 11.6. The highest BCUT2D eigenvalue weighted by Gasteiger charge is 2.13. The largest absolute Gasteiger partial charge is 0.355 e. The van der Waals surface area contributed by atoms with Gasteiger partial charge < -0.3 is 10.6 Å². The van der Waals surface area contributed by atoms with Crippen LogP contribution in [-0.4, -0.2) is 50.1 Å². The average molecular weight is 241 g/mol. The summed E-state index contributed by atoms with van der Waals surface area (Å²) in [6, 6.07) is 0.420. The van der Waals surface area contributed by atoms with E-state index >= 15 is 0 Å². The highest BCUT2D eigenvalue weighted by atomic mass is 16.2. The van der Waals surface area contributed by atoms with Crippen molar-refractivity contribution in [1.82, 2.24) is 15.5 Å². The first kappa shape index (κ1) is 14.5. The van der Waals surface area contributed by atoms with E-state index in [-0.39, 0.29) is 5.91 Å². The average Bonchev–Trinajstić information content (AvgIpc) is 2.30. The van der Waals surface area contributed by atoms with E-state index in [1.807, 2.05) is 7.05 Å². The van der Waals surface area contributed by atoms with Gasteiger partial charge in [-0.05, 0) is 59.2 Å². The van der Waals surface area contributed by atoms with Crippen LogP contribution in [0.5, 0.6) is 0 Å². The zero-order valence-electron chi connectivity index (χ0n) is 11.5. The van der Waals surface area contributed by atoms with Gasteiger partial charge in [0, 0.05) is 12.6 Å². The van der Waals surface area contributed by atoms with E-state index < -0.39 is 0 Å². The third kappa shape index (κ3) is 6.03. The lowest BCUT2D eigenvalue weighted by Crippen LogP contribution is -2.39. The van der Waals surface area contributed by atoms with E-state index in [1.54, 1.807) is 0 Å². The molecule has 1 aliphatic heterocycles. The van der Waals surface area contributed by atoms with Crippen LogP contribution < -0.4 is 10.6 Å². The number of nitrogens with one attached hydrogen (secondary N) is 2. The minimum Gasteiger partial charge on any atom is -0.355 e. The summed E-state index contributed by atoms with van der Waals surface area (Å²) in [5, 5.41) is 6.41. The SMILES string of the molecule is CC(C)N(C)CC(=O)NCCC1CCCNC1. The molecule has 0 aromatic carbocycles. The van der Waals surface area contributed by atoms with E-state index in [0.717, 1.165) is 32.0 Å². The number of nitrogens with zero attached hydrogens (tertiary/aromatic N) is 1. The number of hydrogen-bond donors (Lipinski definition) is 2. The van der Waals surface area contributed by atoms with Crippen molar-refractivity contribution in [3.05, 3.63) is 0 Å². The Morgan fingerprint density at radius 1 is 1.53 bits per heavy atom. The van der Waals surface area contributed by atoms with Crippen LogP contribution in [-0.2, 0) is 4.79 Å². The van der Waals surface area contributed by atoms with Gasteiger partial charge in [0.25, 0.3) is 0 Å². The van der Waals surface area contributed by atoms with Gasteiger partial charge in [-0.25, -0.2) is 0 Å². The molecule has 1 unspecified atom stereocenters. The van der Waals surface area contributed by atoms with Gasteiger partial charge in [0.05, 0.1) is 6.54 Å². The molecule has 2 N–H and O–H groups in total. The number of amides is 1. The number of likely N-dealkylation sites (N-methyl/N-ethyl adjacent to an activating group) is 1. The topological polar surface area (TPSA) is 44.4 Å². The summed E-state index contributed by atoms with van der Waals surface area (Å²) in [7, 11) is 1.98. The summed E-state index contributed by atoms with van der Waals surface area (Å²) in [6.45, 7) is 7.78. The molecule has 1 aliphatic rings. The predicted molar refractivity (Wildman–Crippen MR) is 71.0 cm³/mol. The van der Waals surface area contributed by atoms with Gasteiger partial charge >= 0.3 is 0 Å². The van der Waals surface area contributed by atoms with Crippen molar-refractivity contribution < 1.29 is 4.79 Å². The Morgan fingerprint density at radius 2 is 2.29 bits per heavy atom. The first-order valence-corrected chi connectivity index (χ1v) is 6.77. The molecule has 0 aromatic rings. The van der Waals surface area contributed by atoms with Gasteiger partial charge in [0.1, 0.15) is 0 Å². The van der Waals surface area contributed by atoms with E-state index in [2.05, 4.69) is 29.4 Å². The van der Waals surface area contributed by atoms with Crippen LogP contribution in [0.2, 0.25) is 0 Å². The van der Waals surface area contributed by atoms with Crippen molar-refractivity contribution in [1.29, 1.82) is 0 Å². The molecule has 0 aromatic heterocycles. The van der Waals surface area contributed by atoms with Crippen molar-refractivity contribution in [3.63, 3.8) is 0 Å². The second-order valence-corrected chi connectivity index (χ2v) is 5.36. The van der Waals surface area contributed by atoms with E-state index in [9.17, 15) is 4.79 Å². The highest BCUT2D eigenvalue weighted by molar-refractivity contribution is 5.77. The Bertz CT molecular complexity index is 225. The fraction of sp³-hybridized carbons (Fsp3) is 0.923. The number of rotatable bonds is 6. The van der Waals surface area contributed by atoms with Crippen molar-refractivity contribution >= 4 is 5.91 Å². The Kier molecular flexibility index (Phi) is 6.52. The molecule has 4 heteroatoms. The minimum atomic E-state index is 0.143. The van der Waals surface area contributed by atoms with Gasteiger partial charge in [-0.2, -0.15) is 0 Å². The zero-order chi connectivity index (χ0) is 12.7. The lowest BCUT2D eigenvalue weighted by molar-refractivity contribution is -0.122. The van der Waals surface area contributed by atoms with Crippen LogP contribution in [0.1, 0.15) is 33.1 Å². The number of carbonyl (C=O) groups is 1. The molecule has 17 heavy (non-hydrogen) atoms. The maximum absolute atomic E-state index is 11.6. The molecule has 1 amide bonds. The quantitative estimate of drug-likeness (QED) is 0.724. The van der Waals surface area contributed by atoms with E-state index in [0.29, 0.717) is 12.6 Å². The van der Waals surface area contributed by atoms with Crippen LogP contribution in [0.15, 0.2) is 0 Å². The number of carbonyl (C=O) groups excluding carboxylic acids is 1. The summed E-state index contributed by atoms with van der Waals surface area (Å²) in [4.78, 5) is 13.7. The lowest BCUT2D eigenvalue weighted by atomic mass is 9.96. The van der Waals surface area contributed by atoms with Crippen molar-refractivity contribution in [2.75, 3.05) is 33.2 Å². The molecular weight excluding hydrogens is 214 g/mol. The Balaban J connectivity index is 2.07. The minimum absolute atomic E-state index is 0.143. The summed E-state index contributed by atoms with van der Waals surface area (Å²) >= 11 is 0. The van der Waals surface area contributed by atoms with Gasteiger partial charge in [0.15, 0.2) is 0 Å². The smallest absolute Gasteiger partial charge is 0.234 e. The third-order valence-corrected chi connectivity index (χ3v) is 3.55. The monoisotopic (exact) mass is 241 g/mol. The van der Waals surface area contributed by atoms with Crippen LogP contribution in [0.3, 0.4) is 0 Å². The fourth-order valence-corrected chi connectivity index (χ4v) is 2.05. The molecule has 0 aliphatic carbocycles. The number of hydrogen-bond acceptors (Lipinski definition) is 3. The summed E-state index contributed by atoms with van der Waals surface area (Å²) < 4.78 is 0. The summed E-state index contributed by atoms with van der Waals surface area (Å²) in [5.74, 6) is 0.886. The van der Waals surface area contributed by atoms with Crippen molar-refractivity contribution in [3.8, 4) is 0 Å². The molecule has 4 nitrogen and oxygen atoms in total. The molecule has 1 heterocycles. The van der Waals surface area contributed by atoms with Crippen LogP contribution in [0.25, 0.3) is 0 Å². The normalized spacial score (nSPS) is 20.9. The summed E-state index contributed by atoms with van der Waals surface area (Å²) in [5.41, 5.74) is 0. The fourth-order valence-electron chi connectivity index (χ4n) is 2.05. The molecule has 1 saturated heterocycles. The van der Waals surface area contributed by atoms with Gasteiger partial charge in [-0.3, -0.25) is 9.69 Å². The molecular formula is C13H27N3O. The number of piperidine rings is 1. The van der Waals surface area contributed by atoms with E-state index in [1.165, 1.54) is 12.8 Å². The summed E-state index contributed by atoms with van der Waals surface area (Å²) in [6.07, 6.45) is 3.67. The van der Waals surface area contributed by atoms with Gasteiger partial charge in [0.2, 0.25) is 5.91 Å². The van der Waals surface area contributed by atoms with Crippen LogP contribution >= 0.6 is 0 Å². The van der Waals surface area contributed by atoms with Crippen LogP contribution in [0.4, 0.5) is 0 Å². The molecule has 0 radical (unpaired) electrons. The Labute approximate surface area is 105 Å². The van der Waals surface area contributed by atoms with Crippen molar-refractivity contribution in [2.24, 2.45) is 5.92 Å². The Hall–Kier alpha value is -0.610. The van der Waals surface area contributed by atoms with Crippen molar-refractivity contribution in [2.45, 2.75) is 39.2 Å². The lowest BCUT2D eigenvalue weighted by Gasteiger charge is -2.23. The van der Waals surface area contributed by atoms with Gasteiger partial charge in [-0.15, -0.1) is 0 Å². The predicted octanol–water partition coefficient (Wildman–Crippen LogP) is 0.833. The molecule has 1 rings (SSSR count). The second kappa shape index (κ2) is 7.67. The highest BCUT2D eigenvalue weighted by Crippen LogP contribution is 2.12.